The Balaban J connectivity index is 2.04. The average Bonchev–Trinajstić information content (AvgIpc) is 2.61. The molecular weight excluding hydrogens is 340 g/mol. The molecule has 0 radical (unpaired) electrons. The molecule has 1 atom stereocenters. The second kappa shape index (κ2) is 8.61. The van der Waals surface area contributed by atoms with Gasteiger partial charge in [0.1, 0.15) is 11.8 Å². The second-order valence-electron chi connectivity index (χ2n) is 5.62. The number of carbonyl (C=O) groups excluding carboxylic acids is 1. The van der Waals surface area contributed by atoms with E-state index in [0.29, 0.717) is 16.9 Å². The number of carbonyl (C=O) groups is 2. The number of nitro benzene ring substituents is 1. The standard InChI is InChI=1S/C18H18N2O6/c1-26-15-7-3-5-13(9-15)10-16(18(22)23)19-17(21)11-12-4-2-6-14(8-12)20(24)25/h2-9,16H,10-11H2,1H3,(H,19,21)(H,22,23)/t16-/m0/s1. The van der Waals surface area contributed by atoms with Crippen molar-refractivity contribution in [3.8, 4) is 5.75 Å². The smallest absolute Gasteiger partial charge is 0.326 e. The van der Waals surface area contributed by atoms with Gasteiger partial charge in [-0.1, -0.05) is 24.3 Å². The Morgan fingerprint density at radius 2 is 1.88 bits per heavy atom. The predicted molar refractivity (Wildman–Crippen MR) is 93.1 cm³/mol. The van der Waals surface area contributed by atoms with Crippen LogP contribution in [0.25, 0.3) is 0 Å². The lowest BCUT2D eigenvalue weighted by Crippen LogP contribution is -2.43. The molecule has 0 aliphatic rings. The average molecular weight is 358 g/mol. The fraction of sp³-hybridized carbons (Fsp3) is 0.222. The third-order valence-corrected chi connectivity index (χ3v) is 3.69. The molecule has 0 heterocycles. The molecule has 8 heteroatoms. The summed E-state index contributed by atoms with van der Waals surface area (Å²) >= 11 is 0. The molecule has 2 aromatic rings. The Morgan fingerprint density at radius 1 is 1.19 bits per heavy atom. The molecular formula is C18H18N2O6. The van der Waals surface area contributed by atoms with Crippen molar-refractivity contribution < 1.29 is 24.4 Å². The molecule has 1 amide bonds. The summed E-state index contributed by atoms with van der Waals surface area (Å²) in [6.45, 7) is 0. The molecule has 2 aromatic carbocycles. The summed E-state index contributed by atoms with van der Waals surface area (Å²) in [7, 11) is 1.51. The second-order valence-corrected chi connectivity index (χ2v) is 5.62. The molecule has 0 unspecified atom stereocenters. The predicted octanol–water partition coefficient (Wildman–Crippen LogP) is 1.96. The van der Waals surface area contributed by atoms with Crippen molar-refractivity contribution in [3.63, 3.8) is 0 Å². The molecule has 0 aliphatic carbocycles. The van der Waals surface area contributed by atoms with Crippen LogP contribution in [0.1, 0.15) is 11.1 Å². The van der Waals surface area contributed by atoms with E-state index in [1.54, 1.807) is 30.3 Å². The molecule has 26 heavy (non-hydrogen) atoms. The Morgan fingerprint density at radius 3 is 2.54 bits per heavy atom. The van der Waals surface area contributed by atoms with Gasteiger partial charge in [-0.05, 0) is 23.3 Å². The number of carboxylic acid groups (broad SMARTS) is 1. The van der Waals surface area contributed by atoms with Crippen molar-refractivity contribution in [2.24, 2.45) is 0 Å². The highest BCUT2D eigenvalue weighted by atomic mass is 16.6. The van der Waals surface area contributed by atoms with Crippen molar-refractivity contribution >= 4 is 17.6 Å². The summed E-state index contributed by atoms with van der Waals surface area (Å²) in [4.78, 5) is 33.8. The van der Waals surface area contributed by atoms with Gasteiger partial charge in [-0.25, -0.2) is 4.79 Å². The zero-order valence-electron chi connectivity index (χ0n) is 14.0. The monoisotopic (exact) mass is 358 g/mol. The molecule has 0 saturated heterocycles. The van der Waals surface area contributed by atoms with Gasteiger partial charge >= 0.3 is 5.97 Å². The summed E-state index contributed by atoms with van der Waals surface area (Å²) in [5, 5.41) is 22.6. The van der Waals surface area contributed by atoms with Crippen LogP contribution < -0.4 is 10.1 Å². The van der Waals surface area contributed by atoms with Crippen molar-refractivity contribution in [2.45, 2.75) is 18.9 Å². The van der Waals surface area contributed by atoms with E-state index < -0.39 is 22.8 Å². The Kier molecular flexibility index (Phi) is 6.26. The van der Waals surface area contributed by atoms with Crippen LogP contribution in [0.2, 0.25) is 0 Å². The van der Waals surface area contributed by atoms with E-state index in [9.17, 15) is 24.8 Å². The summed E-state index contributed by atoms with van der Waals surface area (Å²) in [6.07, 6.45) is -0.0587. The normalized spacial score (nSPS) is 11.4. The lowest BCUT2D eigenvalue weighted by Gasteiger charge is -2.15. The number of nitrogens with zero attached hydrogens (tertiary/aromatic N) is 1. The van der Waals surface area contributed by atoms with E-state index in [-0.39, 0.29) is 18.5 Å². The van der Waals surface area contributed by atoms with Crippen LogP contribution in [-0.4, -0.2) is 35.1 Å². The van der Waals surface area contributed by atoms with Crippen molar-refractivity contribution in [3.05, 3.63) is 69.8 Å². The SMILES string of the molecule is COc1cccc(C[C@H](NC(=O)Cc2cccc([N+](=O)[O-])c2)C(=O)O)c1. The molecule has 2 rings (SSSR count). The number of hydrogen-bond acceptors (Lipinski definition) is 5. The van der Waals surface area contributed by atoms with Gasteiger partial charge in [0.05, 0.1) is 18.5 Å². The van der Waals surface area contributed by atoms with Crippen molar-refractivity contribution in [2.75, 3.05) is 7.11 Å². The number of amides is 1. The molecule has 0 fully saturated rings. The molecule has 0 aromatic heterocycles. The van der Waals surface area contributed by atoms with Gasteiger partial charge < -0.3 is 15.2 Å². The van der Waals surface area contributed by atoms with Crippen LogP contribution in [0.4, 0.5) is 5.69 Å². The maximum absolute atomic E-state index is 12.2. The zero-order valence-corrected chi connectivity index (χ0v) is 14.0. The topological polar surface area (TPSA) is 119 Å². The molecule has 8 nitrogen and oxygen atoms in total. The number of nitro groups is 1. The van der Waals surface area contributed by atoms with Crippen LogP contribution >= 0.6 is 0 Å². The highest BCUT2D eigenvalue weighted by molar-refractivity contribution is 5.85. The number of non-ortho nitro benzene ring substituents is 1. The van der Waals surface area contributed by atoms with Gasteiger partial charge in [0.15, 0.2) is 0 Å². The maximum Gasteiger partial charge on any atom is 0.326 e. The van der Waals surface area contributed by atoms with E-state index in [1.165, 1.54) is 25.3 Å². The Labute approximate surface area is 149 Å². The van der Waals surface area contributed by atoms with E-state index >= 15 is 0 Å². The van der Waals surface area contributed by atoms with E-state index in [2.05, 4.69) is 5.32 Å². The lowest BCUT2D eigenvalue weighted by molar-refractivity contribution is -0.384. The first-order valence-electron chi connectivity index (χ1n) is 7.77. The number of benzene rings is 2. The van der Waals surface area contributed by atoms with E-state index in [4.69, 9.17) is 4.74 Å². The van der Waals surface area contributed by atoms with E-state index in [1.807, 2.05) is 0 Å². The minimum absolute atomic E-state index is 0.0905. The minimum Gasteiger partial charge on any atom is -0.497 e. The fourth-order valence-electron chi connectivity index (χ4n) is 2.45. The first kappa shape index (κ1) is 18.9. The summed E-state index contributed by atoms with van der Waals surface area (Å²) < 4.78 is 5.10. The van der Waals surface area contributed by atoms with Gasteiger partial charge in [-0.3, -0.25) is 14.9 Å². The number of rotatable bonds is 8. The highest BCUT2D eigenvalue weighted by Gasteiger charge is 2.21. The molecule has 2 N–H and O–H groups in total. The third kappa shape index (κ3) is 5.30. The van der Waals surface area contributed by atoms with Crippen LogP contribution in [0.15, 0.2) is 48.5 Å². The molecule has 0 bridgehead atoms. The van der Waals surface area contributed by atoms with Crippen molar-refractivity contribution in [1.82, 2.24) is 5.32 Å². The summed E-state index contributed by atoms with van der Waals surface area (Å²) in [6, 6.07) is 11.5. The third-order valence-electron chi connectivity index (χ3n) is 3.69. The van der Waals surface area contributed by atoms with Crippen LogP contribution in [0.5, 0.6) is 5.75 Å². The van der Waals surface area contributed by atoms with Gasteiger partial charge in [0, 0.05) is 18.6 Å². The van der Waals surface area contributed by atoms with Gasteiger partial charge in [-0.2, -0.15) is 0 Å². The first-order chi connectivity index (χ1) is 12.4. The molecule has 0 aliphatic heterocycles. The van der Waals surface area contributed by atoms with Crippen LogP contribution in [-0.2, 0) is 22.4 Å². The largest absolute Gasteiger partial charge is 0.497 e. The number of carboxylic acids is 1. The zero-order chi connectivity index (χ0) is 19.1. The number of aliphatic carboxylic acids is 1. The lowest BCUT2D eigenvalue weighted by atomic mass is 10.0. The molecule has 136 valence electrons. The first-order valence-corrected chi connectivity index (χ1v) is 7.77. The summed E-state index contributed by atoms with van der Waals surface area (Å²) in [5.74, 6) is -1.10. The minimum atomic E-state index is -1.17. The van der Waals surface area contributed by atoms with Gasteiger partial charge in [0.2, 0.25) is 5.91 Å². The number of ether oxygens (including phenoxy) is 1. The number of methoxy groups -OCH3 is 1. The summed E-state index contributed by atoms with van der Waals surface area (Å²) in [5.41, 5.74) is 1.01. The Hall–Kier alpha value is -3.42. The maximum atomic E-state index is 12.2. The number of hydrogen-bond donors (Lipinski definition) is 2. The van der Waals surface area contributed by atoms with Gasteiger partial charge in [-0.15, -0.1) is 0 Å². The van der Waals surface area contributed by atoms with Gasteiger partial charge in [0.25, 0.3) is 5.69 Å². The number of nitrogens with one attached hydrogen (secondary N) is 1. The quantitative estimate of drug-likeness (QED) is 0.550. The fourth-order valence-corrected chi connectivity index (χ4v) is 2.45. The van der Waals surface area contributed by atoms with E-state index in [0.717, 1.165) is 0 Å². The Bertz CT molecular complexity index is 821. The van der Waals surface area contributed by atoms with Crippen LogP contribution in [0, 0.1) is 10.1 Å². The molecule has 0 saturated carbocycles. The van der Waals surface area contributed by atoms with Crippen molar-refractivity contribution in [1.29, 1.82) is 0 Å². The molecule has 0 spiro atoms. The highest BCUT2D eigenvalue weighted by Crippen LogP contribution is 2.15. The van der Waals surface area contributed by atoms with Crippen LogP contribution in [0.3, 0.4) is 0 Å².